The molecule has 26 heavy (non-hydrogen) atoms. The van der Waals surface area contributed by atoms with E-state index in [1.165, 1.54) is 0 Å². The van der Waals surface area contributed by atoms with Gasteiger partial charge in [-0.15, -0.1) is 0 Å². The van der Waals surface area contributed by atoms with Crippen molar-refractivity contribution in [2.45, 2.75) is 12.8 Å². The van der Waals surface area contributed by atoms with Gasteiger partial charge in [-0.2, -0.15) is 0 Å². The highest BCUT2D eigenvalue weighted by Gasteiger charge is 2.32. The fourth-order valence-corrected chi connectivity index (χ4v) is 3.64. The van der Waals surface area contributed by atoms with Crippen molar-refractivity contribution < 1.29 is 19.5 Å². The van der Waals surface area contributed by atoms with Crippen LogP contribution in [-0.4, -0.2) is 72.1 Å². The molecule has 1 atom stereocenters. The maximum atomic E-state index is 12.7. The lowest BCUT2D eigenvalue weighted by atomic mass is 9.96. The van der Waals surface area contributed by atoms with Crippen molar-refractivity contribution in [1.29, 1.82) is 0 Å². The maximum Gasteiger partial charge on any atom is 0.335 e. The van der Waals surface area contributed by atoms with Gasteiger partial charge in [-0.25, -0.2) is 9.59 Å². The molecule has 2 aliphatic heterocycles. The Balaban J connectivity index is 1.55. The van der Waals surface area contributed by atoms with Gasteiger partial charge in [-0.1, -0.05) is 0 Å². The number of likely N-dealkylation sites (tertiary alicyclic amines) is 1. The minimum Gasteiger partial charge on any atom is -0.478 e. The third kappa shape index (κ3) is 3.89. The van der Waals surface area contributed by atoms with Crippen LogP contribution in [0.2, 0.25) is 0 Å². The standard InChI is InChI=1S/C18H24N4O4/c19-18(26)22-7-1-2-14(12-22)16(23)21-10-8-20(9-11-21)15-5-3-13(4-6-15)17(24)25/h3-6,14H,1-2,7-12H2,(H2,19,26)(H,24,25). The molecule has 2 heterocycles. The Hall–Kier alpha value is -2.77. The highest BCUT2D eigenvalue weighted by molar-refractivity contribution is 5.88. The minimum atomic E-state index is -0.940. The Morgan fingerprint density at radius 2 is 1.62 bits per heavy atom. The molecule has 3 amide bonds. The van der Waals surface area contributed by atoms with Gasteiger partial charge in [0, 0.05) is 45.0 Å². The number of rotatable bonds is 3. The number of hydrogen-bond donors (Lipinski definition) is 2. The molecular formula is C18H24N4O4. The van der Waals surface area contributed by atoms with E-state index in [0.29, 0.717) is 39.3 Å². The third-order valence-electron chi connectivity index (χ3n) is 5.15. The summed E-state index contributed by atoms with van der Waals surface area (Å²) in [6.07, 6.45) is 1.59. The molecular weight excluding hydrogens is 336 g/mol. The van der Waals surface area contributed by atoms with Gasteiger partial charge >= 0.3 is 12.0 Å². The molecule has 2 aliphatic rings. The van der Waals surface area contributed by atoms with Gasteiger partial charge < -0.3 is 25.5 Å². The smallest absolute Gasteiger partial charge is 0.335 e. The fourth-order valence-electron chi connectivity index (χ4n) is 3.64. The minimum absolute atomic E-state index is 0.0943. The van der Waals surface area contributed by atoms with Crippen LogP contribution < -0.4 is 10.6 Å². The quantitative estimate of drug-likeness (QED) is 0.830. The van der Waals surface area contributed by atoms with Gasteiger partial charge in [0.1, 0.15) is 0 Å². The Kier molecular flexibility index (Phi) is 5.29. The maximum absolute atomic E-state index is 12.7. The SMILES string of the molecule is NC(=O)N1CCCC(C(=O)N2CCN(c3ccc(C(=O)O)cc3)CC2)C1. The number of anilines is 1. The van der Waals surface area contributed by atoms with Crippen LogP contribution in [0.25, 0.3) is 0 Å². The summed E-state index contributed by atoms with van der Waals surface area (Å²) < 4.78 is 0. The number of hydrogen-bond acceptors (Lipinski definition) is 4. The number of carboxylic acids is 1. The van der Waals surface area contributed by atoms with Crippen LogP contribution in [0.1, 0.15) is 23.2 Å². The molecule has 3 rings (SSSR count). The molecule has 1 unspecified atom stereocenters. The molecule has 2 saturated heterocycles. The molecule has 3 N–H and O–H groups in total. The lowest BCUT2D eigenvalue weighted by Gasteiger charge is -2.39. The van der Waals surface area contributed by atoms with Gasteiger partial charge in [-0.3, -0.25) is 4.79 Å². The first-order chi connectivity index (χ1) is 12.5. The van der Waals surface area contributed by atoms with Gasteiger partial charge in [0.2, 0.25) is 5.91 Å². The zero-order chi connectivity index (χ0) is 18.7. The van der Waals surface area contributed by atoms with Crippen LogP contribution in [0.15, 0.2) is 24.3 Å². The van der Waals surface area contributed by atoms with Gasteiger partial charge in [0.15, 0.2) is 0 Å². The number of primary amides is 1. The normalized spacial score (nSPS) is 20.8. The number of piperazine rings is 1. The predicted octanol–water partition coefficient (Wildman–Crippen LogP) is 0.824. The number of amides is 3. The monoisotopic (exact) mass is 360 g/mol. The van der Waals surface area contributed by atoms with Crippen molar-refractivity contribution >= 4 is 23.6 Å². The summed E-state index contributed by atoms with van der Waals surface area (Å²) in [7, 11) is 0. The fraction of sp³-hybridized carbons (Fsp3) is 0.500. The number of piperidine rings is 1. The van der Waals surface area contributed by atoms with Crippen molar-refractivity contribution in [1.82, 2.24) is 9.80 Å². The van der Waals surface area contributed by atoms with E-state index in [9.17, 15) is 14.4 Å². The van der Waals surface area contributed by atoms with Crippen molar-refractivity contribution in [2.24, 2.45) is 11.7 Å². The Morgan fingerprint density at radius 1 is 0.962 bits per heavy atom. The molecule has 8 nitrogen and oxygen atoms in total. The third-order valence-corrected chi connectivity index (χ3v) is 5.15. The lowest BCUT2D eigenvalue weighted by Crippen LogP contribution is -2.53. The highest BCUT2D eigenvalue weighted by Crippen LogP contribution is 2.22. The van der Waals surface area contributed by atoms with E-state index in [0.717, 1.165) is 18.5 Å². The first kappa shape index (κ1) is 18.0. The molecule has 1 aromatic carbocycles. The van der Waals surface area contributed by atoms with E-state index < -0.39 is 12.0 Å². The number of nitrogens with two attached hydrogens (primary N) is 1. The van der Waals surface area contributed by atoms with Gasteiger partial charge in [-0.05, 0) is 37.1 Å². The first-order valence-corrected chi connectivity index (χ1v) is 8.87. The lowest BCUT2D eigenvalue weighted by molar-refractivity contribution is -0.137. The second-order valence-corrected chi connectivity index (χ2v) is 6.79. The molecule has 0 spiro atoms. The number of urea groups is 1. The van der Waals surface area contributed by atoms with Crippen molar-refractivity contribution in [3.8, 4) is 0 Å². The first-order valence-electron chi connectivity index (χ1n) is 8.87. The van der Waals surface area contributed by atoms with Crippen LogP contribution in [0, 0.1) is 5.92 Å². The summed E-state index contributed by atoms with van der Waals surface area (Å²) >= 11 is 0. The van der Waals surface area contributed by atoms with Crippen LogP contribution in [0.5, 0.6) is 0 Å². The number of nitrogens with zero attached hydrogens (tertiary/aromatic N) is 3. The summed E-state index contributed by atoms with van der Waals surface area (Å²) in [5.74, 6) is -1.01. The van der Waals surface area contributed by atoms with Crippen LogP contribution in [0.3, 0.4) is 0 Å². The van der Waals surface area contributed by atoms with E-state index in [4.69, 9.17) is 10.8 Å². The second kappa shape index (κ2) is 7.63. The average molecular weight is 360 g/mol. The largest absolute Gasteiger partial charge is 0.478 e. The van der Waals surface area contributed by atoms with E-state index >= 15 is 0 Å². The van der Waals surface area contributed by atoms with E-state index in [1.807, 2.05) is 4.90 Å². The van der Waals surface area contributed by atoms with Crippen LogP contribution in [-0.2, 0) is 4.79 Å². The number of carbonyl (C=O) groups excluding carboxylic acids is 2. The topological polar surface area (TPSA) is 107 Å². The van der Waals surface area contributed by atoms with Gasteiger partial charge in [0.25, 0.3) is 0 Å². The Morgan fingerprint density at radius 3 is 2.19 bits per heavy atom. The summed E-state index contributed by atoms with van der Waals surface area (Å²) in [5, 5.41) is 8.97. The van der Waals surface area contributed by atoms with Crippen molar-refractivity contribution in [3.05, 3.63) is 29.8 Å². The van der Waals surface area contributed by atoms with Crippen LogP contribution in [0.4, 0.5) is 10.5 Å². The molecule has 2 fully saturated rings. The molecule has 140 valence electrons. The van der Waals surface area contributed by atoms with E-state index in [2.05, 4.69) is 4.90 Å². The zero-order valence-electron chi connectivity index (χ0n) is 14.6. The molecule has 0 radical (unpaired) electrons. The van der Waals surface area contributed by atoms with Crippen molar-refractivity contribution in [3.63, 3.8) is 0 Å². The molecule has 8 heteroatoms. The molecule has 0 aliphatic carbocycles. The molecule has 0 aromatic heterocycles. The predicted molar refractivity (Wildman–Crippen MR) is 96.1 cm³/mol. The van der Waals surface area contributed by atoms with Gasteiger partial charge in [0.05, 0.1) is 11.5 Å². The summed E-state index contributed by atoms with van der Waals surface area (Å²) in [5.41, 5.74) is 6.56. The zero-order valence-corrected chi connectivity index (χ0v) is 14.6. The summed E-state index contributed by atoms with van der Waals surface area (Å²) in [6, 6.07) is 6.32. The number of carboxylic acid groups (broad SMARTS) is 1. The molecule has 0 saturated carbocycles. The Bertz CT molecular complexity index is 683. The average Bonchev–Trinajstić information content (AvgIpc) is 2.67. The summed E-state index contributed by atoms with van der Waals surface area (Å²) in [6.45, 7) is 3.66. The number of carbonyl (C=O) groups is 3. The Labute approximate surface area is 152 Å². The summed E-state index contributed by atoms with van der Waals surface area (Å²) in [4.78, 5) is 40.6. The van der Waals surface area contributed by atoms with Crippen molar-refractivity contribution in [2.75, 3.05) is 44.2 Å². The van der Waals surface area contributed by atoms with E-state index in [-0.39, 0.29) is 17.4 Å². The number of benzene rings is 1. The highest BCUT2D eigenvalue weighted by atomic mass is 16.4. The molecule has 0 bridgehead atoms. The molecule has 1 aromatic rings. The second-order valence-electron chi connectivity index (χ2n) is 6.79. The van der Waals surface area contributed by atoms with Crippen LogP contribution >= 0.6 is 0 Å². The number of aromatic carboxylic acids is 1. The van der Waals surface area contributed by atoms with E-state index in [1.54, 1.807) is 29.2 Å².